The molecule has 0 aromatic heterocycles. The van der Waals surface area contributed by atoms with Gasteiger partial charge in [-0.25, -0.2) is 0 Å². The predicted molar refractivity (Wildman–Crippen MR) is 109 cm³/mol. The van der Waals surface area contributed by atoms with Crippen LogP contribution < -0.4 is 14.4 Å². The summed E-state index contributed by atoms with van der Waals surface area (Å²) in [5.74, 6) is 1.36. The van der Waals surface area contributed by atoms with Crippen molar-refractivity contribution in [2.24, 2.45) is 0 Å². The summed E-state index contributed by atoms with van der Waals surface area (Å²) < 4.78 is 10.5. The molecule has 2 aromatic rings. The van der Waals surface area contributed by atoms with Crippen LogP contribution in [0.1, 0.15) is 11.1 Å². The topological polar surface area (TPSA) is 42.0 Å². The van der Waals surface area contributed by atoms with Gasteiger partial charge in [0.15, 0.2) is 11.5 Å². The fourth-order valence-electron chi connectivity index (χ4n) is 3.32. The maximum absolute atomic E-state index is 12.5. The van der Waals surface area contributed by atoms with Crippen molar-refractivity contribution in [2.45, 2.75) is 6.92 Å². The lowest BCUT2D eigenvalue weighted by Crippen LogP contribution is -2.48. The summed E-state index contributed by atoms with van der Waals surface area (Å²) in [5.41, 5.74) is 3.43. The minimum Gasteiger partial charge on any atom is -0.493 e. The molecule has 1 aliphatic rings. The molecule has 0 aliphatic carbocycles. The monoisotopic (exact) mass is 366 g/mol. The number of hydrogen-bond donors (Lipinski definition) is 0. The molecule has 2 aromatic carbocycles. The standard InChI is InChI=1S/C22H26N2O3/c1-17-6-4-5-7-19(17)23-12-14-24(15-13-23)22(25)11-9-18-8-10-20(26-2)21(16-18)27-3/h4-11,16H,12-15H2,1-3H3/b11-9+. The lowest BCUT2D eigenvalue weighted by molar-refractivity contribution is -0.126. The first-order chi connectivity index (χ1) is 13.1. The van der Waals surface area contributed by atoms with Gasteiger partial charge < -0.3 is 19.3 Å². The van der Waals surface area contributed by atoms with Crippen LogP contribution in [-0.2, 0) is 4.79 Å². The number of amides is 1. The van der Waals surface area contributed by atoms with Crippen molar-refractivity contribution in [1.29, 1.82) is 0 Å². The van der Waals surface area contributed by atoms with Crippen molar-refractivity contribution >= 4 is 17.7 Å². The second-order valence-corrected chi connectivity index (χ2v) is 6.55. The quantitative estimate of drug-likeness (QED) is 0.761. The van der Waals surface area contributed by atoms with Gasteiger partial charge in [0, 0.05) is 37.9 Å². The van der Waals surface area contributed by atoms with Gasteiger partial charge in [-0.15, -0.1) is 0 Å². The number of aryl methyl sites for hydroxylation is 1. The molecule has 0 atom stereocenters. The maximum atomic E-state index is 12.5. The van der Waals surface area contributed by atoms with E-state index in [1.807, 2.05) is 29.2 Å². The van der Waals surface area contributed by atoms with Crippen molar-refractivity contribution in [3.63, 3.8) is 0 Å². The van der Waals surface area contributed by atoms with Crippen LogP contribution in [-0.4, -0.2) is 51.2 Å². The zero-order valence-electron chi connectivity index (χ0n) is 16.1. The SMILES string of the molecule is COc1ccc(/C=C/C(=O)N2CCN(c3ccccc3C)CC2)cc1OC. The Balaban J connectivity index is 1.60. The molecule has 5 heteroatoms. The average molecular weight is 366 g/mol. The molecule has 1 heterocycles. The third-order valence-electron chi connectivity index (χ3n) is 4.87. The first-order valence-electron chi connectivity index (χ1n) is 9.12. The second kappa shape index (κ2) is 8.62. The largest absolute Gasteiger partial charge is 0.493 e. The van der Waals surface area contributed by atoms with E-state index in [9.17, 15) is 4.79 Å². The molecule has 1 aliphatic heterocycles. The summed E-state index contributed by atoms with van der Waals surface area (Å²) in [7, 11) is 3.21. The van der Waals surface area contributed by atoms with Crippen molar-refractivity contribution in [3.8, 4) is 11.5 Å². The molecule has 1 fully saturated rings. The van der Waals surface area contributed by atoms with Gasteiger partial charge in [0.2, 0.25) is 5.91 Å². The van der Waals surface area contributed by atoms with Crippen molar-refractivity contribution in [1.82, 2.24) is 4.90 Å². The third-order valence-corrected chi connectivity index (χ3v) is 4.87. The van der Waals surface area contributed by atoms with Crippen molar-refractivity contribution < 1.29 is 14.3 Å². The van der Waals surface area contributed by atoms with Crippen LogP contribution in [0.3, 0.4) is 0 Å². The molecule has 0 spiro atoms. The first kappa shape index (κ1) is 18.8. The van der Waals surface area contributed by atoms with Crippen molar-refractivity contribution in [3.05, 3.63) is 59.7 Å². The van der Waals surface area contributed by atoms with Gasteiger partial charge in [0.05, 0.1) is 14.2 Å². The summed E-state index contributed by atoms with van der Waals surface area (Å²) in [5, 5.41) is 0. The Morgan fingerprint density at radius 2 is 1.67 bits per heavy atom. The molecule has 27 heavy (non-hydrogen) atoms. The molecular weight excluding hydrogens is 340 g/mol. The van der Waals surface area contributed by atoms with Crippen LogP contribution >= 0.6 is 0 Å². The first-order valence-corrected chi connectivity index (χ1v) is 9.12. The summed E-state index contributed by atoms with van der Waals surface area (Å²) in [4.78, 5) is 16.8. The van der Waals surface area contributed by atoms with E-state index in [4.69, 9.17) is 9.47 Å². The fourth-order valence-corrected chi connectivity index (χ4v) is 3.32. The highest BCUT2D eigenvalue weighted by Crippen LogP contribution is 2.28. The summed E-state index contributed by atoms with van der Waals surface area (Å²) in [6.45, 7) is 5.27. The van der Waals surface area contributed by atoms with Gasteiger partial charge in [0.1, 0.15) is 0 Å². The molecule has 0 radical (unpaired) electrons. The average Bonchev–Trinajstić information content (AvgIpc) is 2.72. The van der Waals surface area contributed by atoms with E-state index in [1.54, 1.807) is 20.3 Å². The molecule has 0 bridgehead atoms. The van der Waals surface area contributed by atoms with E-state index in [2.05, 4.69) is 36.1 Å². The number of ether oxygens (including phenoxy) is 2. The lowest BCUT2D eigenvalue weighted by atomic mass is 10.1. The van der Waals surface area contributed by atoms with E-state index >= 15 is 0 Å². The third kappa shape index (κ3) is 4.42. The smallest absolute Gasteiger partial charge is 0.246 e. The number of rotatable bonds is 5. The number of benzene rings is 2. The highest BCUT2D eigenvalue weighted by atomic mass is 16.5. The number of carbonyl (C=O) groups is 1. The van der Waals surface area contributed by atoms with Gasteiger partial charge in [-0.2, -0.15) is 0 Å². The van der Waals surface area contributed by atoms with Crippen LogP contribution in [0.4, 0.5) is 5.69 Å². The zero-order chi connectivity index (χ0) is 19.2. The molecule has 0 N–H and O–H groups in total. The fraction of sp³-hybridized carbons (Fsp3) is 0.318. The molecule has 5 nitrogen and oxygen atoms in total. The van der Waals surface area contributed by atoms with Gasteiger partial charge >= 0.3 is 0 Å². The zero-order valence-corrected chi connectivity index (χ0v) is 16.1. The van der Waals surface area contributed by atoms with Crippen LogP contribution in [0.25, 0.3) is 6.08 Å². The molecule has 0 unspecified atom stereocenters. The number of nitrogens with zero attached hydrogens (tertiary/aromatic N) is 2. The predicted octanol–water partition coefficient (Wildman–Crippen LogP) is 3.37. The maximum Gasteiger partial charge on any atom is 0.246 e. The van der Waals surface area contributed by atoms with Gasteiger partial charge in [0.25, 0.3) is 0 Å². The number of para-hydroxylation sites is 1. The Hall–Kier alpha value is -2.95. The Labute approximate surface area is 160 Å². The Bertz CT molecular complexity index is 824. The molecule has 1 amide bonds. The lowest BCUT2D eigenvalue weighted by Gasteiger charge is -2.36. The Kier molecular flexibility index (Phi) is 6.01. The minimum atomic E-state index is 0.0363. The highest BCUT2D eigenvalue weighted by molar-refractivity contribution is 5.92. The van der Waals surface area contributed by atoms with Gasteiger partial charge in [-0.1, -0.05) is 24.3 Å². The molecule has 0 saturated carbocycles. The van der Waals surface area contributed by atoms with Crippen LogP contribution in [0.2, 0.25) is 0 Å². The minimum absolute atomic E-state index is 0.0363. The van der Waals surface area contributed by atoms with Crippen molar-refractivity contribution in [2.75, 3.05) is 45.3 Å². The Morgan fingerprint density at radius 1 is 0.963 bits per heavy atom. The second-order valence-electron chi connectivity index (χ2n) is 6.55. The highest BCUT2D eigenvalue weighted by Gasteiger charge is 2.20. The number of anilines is 1. The van der Waals surface area contributed by atoms with E-state index in [-0.39, 0.29) is 5.91 Å². The van der Waals surface area contributed by atoms with Gasteiger partial charge in [-0.3, -0.25) is 4.79 Å². The molecule has 1 saturated heterocycles. The number of carbonyl (C=O) groups excluding carboxylic acids is 1. The number of methoxy groups -OCH3 is 2. The van der Waals surface area contributed by atoms with E-state index < -0.39 is 0 Å². The molecule has 142 valence electrons. The van der Waals surface area contributed by atoms with Gasteiger partial charge in [-0.05, 0) is 42.3 Å². The summed E-state index contributed by atoms with van der Waals surface area (Å²) >= 11 is 0. The summed E-state index contributed by atoms with van der Waals surface area (Å²) in [6, 6.07) is 14.0. The number of piperazine rings is 1. The van der Waals surface area contributed by atoms with Crippen LogP contribution in [0.5, 0.6) is 11.5 Å². The van der Waals surface area contributed by atoms with E-state index in [1.165, 1.54) is 11.3 Å². The summed E-state index contributed by atoms with van der Waals surface area (Å²) in [6.07, 6.45) is 3.45. The molecular formula is C22H26N2O3. The normalized spacial score (nSPS) is 14.5. The van der Waals surface area contributed by atoms with E-state index in [0.29, 0.717) is 11.5 Å². The van der Waals surface area contributed by atoms with Crippen LogP contribution in [0, 0.1) is 6.92 Å². The molecule has 3 rings (SSSR count). The number of hydrogen-bond acceptors (Lipinski definition) is 4. The van der Waals surface area contributed by atoms with Crippen LogP contribution in [0.15, 0.2) is 48.5 Å². The van der Waals surface area contributed by atoms with E-state index in [0.717, 1.165) is 31.7 Å². The Morgan fingerprint density at radius 3 is 2.33 bits per heavy atom.